The minimum atomic E-state index is 0.176. The van der Waals surface area contributed by atoms with E-state index in [2.05, 4.69) is 15.3 Å². The van der Waals surface area contributed by atoms with Crippen molar-refractivity contribution in [2.75, 3.05) is 18.1 Å². The first kappa shape index (κ1) is 23.5. The molecule has 0 spiro atoms. The molecule has 0 atom stereocenters. The van der Waals surface area contributed by atoms with Crippen molar-refractivity contribution in [1.29, 1.82) is 5.41 Å². The van der Waals surface area contributed by atoms with Gasteiger partial charge in [-0.2, -0.15) is 0 Å². The fraction of sp³-hybridized carbons (Fsp3) is 0.217. The van der Waals surface area contributed by atoms with Crippen LogP contribution in [0, 0.1) is 11.3 Å². The predicted octanol–water partition coefficient (Wildman–Crippen LogP) is 5.00. The number of hydrogen-bond donors (Lipinski definition) is 3. The Hall–Kier alpha value is -3.16. The number of anilines is 2. The number of carbonyl (C=O) groups is 1. The number of ether oxygens (including phenoxy) is 1. The van der Waals surface area contributed by atoms with Gasteiger partial charge in [-0.3, -0.25) is 10.4 Å². The Morgan fingerprint density at radius 1 is 1.22 bits per heavy atom. The summed E-state index contributed by atoms with van der Waals surface area (Å²) in [7, 11) is 1.79. The topological polar surface area (TPSA) is 114 Å². The zero-order valence-electron chi connectivity index (χ0n) is 17.4. The molecule has 1 aliphatic carbocycles. The number of benzene rings is 1. The summed E-state index contributed by atoms with van der Waals surface area (Å²) < 4.78 is 5.80. The van der Waals surface area contributed by atoms with E-state index in [4.69, 9.17) is 39.1 Å². The smallest absolute Gasteiger partial charge is 0.125 e. The summed E-state index contributed by atoms with van der Waals surface area (Å²) in [4.78, 5) is 17.7. The molecule has 4 N–H and O–H groups in total. The molecule has 0 radical (unpaired) electrons. The lowest BCUT2D eigenvalue weighted by Gasteiger charge is -2.13. The normalized spacial score (nSPS) is 12.3. The molecule has 3 aromatic rings. The zero-order valence-corrected chi connectivity index (χ0v) is 19.0. The molecule has 1 aromatic carbocycles. The van der Waals surface area contributed by atoms with Crippen LogP contribution in [-0.4, -0.2) is 29.0 Å². The number of aromatic nitrogens is 2. The number of nitrogens with two attached hydrogens (primary N) is 1. The highest BCUT2D eigenvalue weighted by Crippen LogP contribution is 2.27. The average Bonchev–Trinajstić information content (AvgIpc) is 3.65. The lowest BCUT2D eigenvalue weighted by atomic mass is 10.0. The van der Waals surface area contributed by atoms with E-state index in [1.165, 1.54) is 12.4 Å². The van der Waals surface area contributed by atoms with E-state index in [0.717, 1.165) is 24.9 Å². The Morgan fingerprint density at radius 2 is 1.94 bits per heavy atom. The van der Waals surface area contributed by atoms with E-state index in [9.17, 15) is 4.79 Å². The Labute approximate surface area is 196 Å². The first-order valence-electron chi connectivity index (χ1n) is 9.91. The number of rotatable bonds is 7. The third-order valence-electron chi connectivity index (χ3n) is 4.75. The number of pyridine rings is 2. The summed E-state index contributed by atoms with van der Waals surface area (Å²) in [5.74, 6) is 1.73. The Bertz CT molecular complexity index is 1080. The first-order chi connectivity index (χ1) is 15.4. The number of nitrogens with zero attached hydrogens (tertiary/aromatic N) is 2. The van der Waals surface area contributed by atoms with Gasteiger partial charge < -0.3 is 20.6 Å². The summed E-state index contributed by atoms with van der Waals surface area (Å²) in [6.45, 7) is 0.176. The molecule has 9 heteroatoms. The van der Waals surface area contributed by atoms with Crippen molar-refractivity contribution in [3.05, 3.63) is 75.7 Å². The van der Waals surface area contributed by atoms with Gasteiger partial charge in [0.15, 0.2) is 0 Å². The van der Waals surface area contributed by atoms with Gasteiger partial charge in [0.05, 0.1) is 15.8 Å². The van der Waals surface area contributed by atoms with Gasteiger partial charge >= 0.3 is 0 Å². The molecule has 0 aliphatic heterocycles. The van der Waals surface area contributed by atoms with E-state index in [1.807, 2.05) is 6.07 Å². The van der Waals surface area contributed by atoms with Gasteiger partial charge in [-0.05, 0) is 43.2 Å². The molecule has 166 valence electrons. The molecule has 0 saturated heterocycles. The molecular weight excluding hydrogens is 449 g/mol. The largest absolute Gasteiger partial charge is 0.489 e. The van der Waals surface area contributed by atoms with Gasteiger partial charge in [0, 0.05) is 53.9 Å². The predicted molar refractivity (Wildman–Crippen MR) is 128 cm³/mol. The summed E-state index contributed by atoms with van der Waals surface area (Å²) in [5, 5.41) is 12.3. The maximum absolute atomic E-state index is 9.57. The van der Waals surface area contributed by atoms with Gasteiger partial charge in [0.1, 0.15) is 24.5 Å². The summed E-state index contributed by atoms with van der Waals surface area (Å²) >= 11 is 12.2. The molecule has 0 bridgehead atoms. The van der Waals surface area contributed by atoms with Crippen molar-refractivity contribution >= 4 is 46.7 Å². The maximum Gasteiger partial charge on any atom is 0.125 e. The van der Waals surface area contributed by atoms with E-state index in [1.54, 1.807) is 37.5 Å². The lowest BCUT2D eigenvalue weighted by Crippen LogP contribution is -2.07. The highest BCUT2D eigenvalue weighted by atomic mass is 35.5. The highest BCUT2D eigenvalue weighted by molar-refractivity contribution is 6.35. The SMILES string of the molecule is CNc1ccc(C(=N)c2cc(OCc3c(Cl)cncc3Cl)ccc2N)cn1.O=CC1CC1. The second kappa shape index (κ2) is 10.9. The molecule has 32 heavy (non-hydrogen) atoms. The number of aldehydes is 1. The van der Waals surface area contributed by atoms with Crippen LogP contribution in [0.5, 0.6) is 5.75 Å². The second-order valence-corrected chi connectivity index (χ2v) is 7.96. The fourth-order valence-electron chi connectivity index (χ4n) is 2.65. The van der Waals surface area contributed by atoms with Crippen LogP contribution in [0.3, 0.4) is 0 Å². The second-order valence-electron chi connectivity index (χ2n) is 7.15. The highest BCUT2D eigenvalue weighted by Gasteiger charge is 2.19. The Morgan fingerprint density at radius 3 is 2.47 bits per heavy atom. The monoisotopic (exact) mass is 471 g/mol. The molecule has 1 saturated carbocycles. The van der Waals surface area contributed by atoms with Gasteiger partial charge in [-0.15, -0.1) is 0 Å². The minimum Gasteiger partial charge on any atom is -0.489 e. The molecular formula is C23H23Cl2N5O2. The third kappa shape index (κ3) is 6.18. The van der Waals surface area contributed by atoms with Crippen LogP contribution in [0.25, 0.3) is 0 Å². The van der Waals surface area contributed by atoms with E-state index >= 15 is 0 Å². The van der Waals surface area contributed by atoms with E-state index in [-0.39, 0.29) is 12.3 Å². The zero-order chi connectivity index (χ0) is 23.1. The van der Waals surface area contributed by atoms with Crippen LogP contribution in [0.2, 0.25) is 10.0 Å². The summed E-state index contributed by atoms with van der Waals surface area (Å²) in [6.07, 6.45) is 7.96. The fourth-order valence-corrected chi connectivity index (χ4v) is 3.12. The third-order valence-corrected chi connectivity index (χ3v) is 5.40. The van der Waals surface area contributed by atoms with Crippen molar-refractivity contribution in [3.63, 3.8) is 0 Å². The standard InChI is InChI=1S/C19H17Cl2N5O.C4H6O/c1-24-18-5-2-11(7-26-18)19(23)13-6-12(3-4-17(13)22)27-10-14-15(20)8-25-9-16(14)21;5-3-4-1-2-4/h2-9,23H,10,22H2,1H3,(H,24,26);3-4H,1-2H2. The molecule has 0 amide bonds. The number of nitrogens with one attached hydrogen (secondary N) is 2. The van der Waals surface area contributed by atoms with Crippen molar-refractivity contribution < 1.29 is 9.53 Å². The Kier molecular flexibility index (Phi) is 8.03. The summed E-state index contributed by atoms with van der Waals surface area (Å²) in [6, 6.07) is 8.76. The average molecular weight is 472 g/mol. The van der Waals surface area contributed by atoms with Crippen LogP contribution in [-0.2, 0) is 11.4 Å². The molecule has 1 fully saturated rings. The van der Waals surface area contributed by atoms with Crippen LogP contribution in [0.15, 0.2) is 48.9 Å². The number of hydrogen-bond acceptors (Lipinski definition) is 7. The van der Waals surface area contributed by atoms with Gasteiger partial charge in [-0.25, -0.2) is 4.98 Å². The molecule has 7 nitrogen and oxygen atoms in total. The molecule has 2 aromatic heterocycles. The molecule has 4 rings (SSSR count). The van der Waals surface area contributed by atoms with Crippen molar-refractivity contribution in [2.45, 2.75) is 19.4 Å². The first-order valence-corrected chi connectivity index (χ1v) is 10.7. The van der Waals surface area contributed by atoms with Gasteiger partial charge in [-0.1, -0.05) is 23.2 Å². The number of halogens is 2. The Balaban J connectivity index is 0.000000509. The van der Waals surface area contributed by atoms with Gasteiger partial charge in [0.2, 0.25) is 0 Å². The van der Waals surface area contributed by atoms with Crippen LogP contribution >= 0.6 is 23.2 Å². The van der Waals surface area contributed by atoms with Gasteiger partial charge in [0.25, 0.3) is 0 Å². The van der Waals surface area contributed by atoms with Crippen LogP contribution in [0.1, 0.15) is 29.5 Å². The molecule has 0 unspecified atom stereocenters. The maximum atomic E-state index is 9.57. The quantitative estimate of drug-likeness (QED) is 0.253. The molecule has 2 heterocycles. The van der Waals surface area contributed by atoms with E-state index < -0.39 is 0 Å². The van der Waals surface area contributed by atoms with Crippen molar-refractivity contribution in [2.24, 2.45) is 5.92 Å². The minimum absolute atomic E-state index is 0.176. The van der Waals surface area contributed by atoms with E-state index in [0.29, 0.717) is 44.1 Å². The van der Waals surface area contributed by atoms with Crippen LogP contribution < -0.4 is 15.8 Å². The van der Waals surface area contributed by atoms with Crippen molar-refractivity contribution in [3.8, 4) is 5.75 Å². The van der Waals surface area contributed by atoms with Crippen molar-refractivity contribution in [1.82, 2.24) is 9.97 Å². The summed E-state index contributed by atoms with van der Waals surface area (Å²) in [5.41, 5.74) is 8.65. The lowest BCUT2D eigenvalue weighted by molar-refractivity contribution is -0.108. The number of carbonyl (C=O) groups excluding carboxylic acids is 1. The van der Waals surface area contributed by atoms with Crippen LogP contribution in [0.4, 0.5) is 11.5 Å². The molecule has 1 aliphatic rings. The number of nitrogen functional groups attached to an aromatic ring is 1.